The Bertz CT molecular complexity index is 582. The van der Waals surface area contributed by atoms with Crippen molar-refractivity contribution in [2.24, 2.45) is 11.5 Å². The van der Waals surface area contributed by atoms with Crippen molar-refractivity contribution in [2.75, 3.05) is 85.1 Å². The molecule has 0 unspecified atom stereocenters. The second-order valence-corrected chi connectivity index (χ2v) is 6.88. The third-order valence-corrected chi connectivity index (χ3v) is 3.87. The first-order valence-electron chi connectivity index (χ1n) is 10.2. The Kier molecular flexibility index (Phi) is 55.6. The molecule has 0 aromatic carbocycles. The number of nitrogens with one attached hydrogen (secondary N) is 1. The molecule has 0 spiro atoms. The summed E-state index contributed by atoms with van der Waals surface area (Å²) in [6.07, 6.45) is 0. The summed E-state index contributed by atoms with van der Waals surface area (Å²) in [6.45, 7) is -1.03. The Labute approximate surface area is 338 Å². The Hall–Kier alpha value is 2.11. The largest absolute Gasteiger partial charge is 1.00 e. The number of hydrogen-bond acceptors (Lipinski definition) is 16. The molecule has 21 heteroatoms. The van der Waals surface area contributed by atoms with E-state index in [0.29, 0.717) is 13.1 Å². The third kappa shape index (κ3) is 44.7. The van der Waals surface area contributed by atoms with Gasteiger partial charge in [-0.15, -0.1) is 0 Å². The molecule has 5 N–H and O–H groups in total. The van der Waals surface area contributed by atoms with E-state index in [1.807, 2.05) is 0 Å². The van der Waals surface area contributed by atoms with Gasteiger partial charge in [-0.05, 0) is 0 Å². The van der Waals surface area contributed by atoms with Gasteiger partial charge in [0.1, 0.15) is 0 Å². The first-order chi connectivity index (χ1) is 15.9. The summed E-state index contributed by atoms with van der Waals surface area (Å²) < 4.78 is 0. The smallest absolute Gasteiger partial charge is 0.549 e. The van der Waals surface area contributed by atoms with Gasteiger partial charge in [-0.25, -0.2) is 0 Å². The Morgan fingerprint density at radius 2 is 0.667 bits per heavy atom. The van der Waals surface area contributed by atoms with Crippen molar-refractivity contribution in [1.29, 1.82) is 0 Å². The topological polar surface area (TPSA) is 274 Å². The van der Waals surface area contributed by atoms with Crippen LogP contribution in [-0.2, 0) is 24.0 Å². The molecule has 0 aliphatic carbocycles. The van der Waals surface area contributed by atoms with Crippen LogP contribution in [0.2, 0.25) is 0 Å². The molecule has 16 nitrogen and oxygen atoms in total. The molecule has 0 radical (unpaired) electrons. The number of nitrogens with two attached hydrogens (primary N) is 2. The molecule has 39 heavy (non-hydrogen) atoms. The van der Waals surface area contributed by atoms with Crippen LogP contribution >= 0.6 is 0 Å². The molecule has 0 aromatic rings. The number of carboxylic acid groups (broad SMARTS) is 5. The van der Waals surface area contributed by atoms with Crippen LogP contribution in [0.4, 0.5) is 0 Å². The SMILES string of the molecule is NCCNCCN.O=C([O-])CN(CCN(CC(=O)[O-])CC(=O)[O-])CCN(CC(=O)[O-])CC(=O)[O-].[Na+].[Na+].[Na+].[Na+].[Na+]. The van der Waals surface area contributed by atoms with Crippen LogP contribution in [0.1, 0.15) is 0 Å². The maximum Gasteiger partial charge on any atom is 1.00 e. The number of carbonyl (C=O) groups is 5. The molecule has 0 amide bonds. The van der Waals surface area contributed by atoms with Crippen LogP contribution in [0.5, 0.6) is 0 Å². The fourth-order valence-corrected chi connectivity index (χ4v) is 2.51. The molecule has 0 aliphatic heterocycles. The van der Waals surface area contributed by atoms with Crippen LogP contribution in [0.25, 0.3) is 0 Å². The van der Waals surface area contributed by atoms with Crippen molar-refractivity contribution in [1.82, 2.24) is 20.0 Å². The van der Waals surface area contributed by atoms with Crippen molar-refractivity contribution in [2.45, 2.75) is 0 Å². The summed E-state index contributed by atoms with van der Waals surface area (Å²) in [4.78, 5) is 56.4. The van der Waals surface area contributed by atoms with Crippen LogP contribution in [0.15, 0.2) is 0 Å². The maximum absolute atomic E-state index is 10.8. The summed E-state index contributed by atoms with van der Waals surface area (Å²) in [5.41, 5.74) is 10.3. The second-order valence-electron chi connectivity index (χ2n) is 6.88. The Morgan fingerprint density at radius 1 is 0.462 bits per heavy atom. The maximum atomic E-state index is 10.8. The van der Waals surface area contributed by atoms with E-state index in [4.69, 9.17) is 11.5 Å². The van der Waals surface area contributed by atoms with E-state index < -0.39 is 62.6 Å². The van der Waals surface area contributed by atoms with Crippen molar-refractivity contribution in [3.63, 3.8) is 0 Å². The minimum atomic E-state index is -1.54. The predicted molar refractivity (Wildman–Crippen MR) is 105 cm³/mol. The van der Waals surface area contributed by atoms with E-state index in [1.165, 1.54) is 4.90 Å². The fraction of sp³-hybridized carbons (Fsp3) is 0.722. The zero-order valence-electron chi connectivity index (χ0n) is 23.8. The molecule has 0 aromatic heterocycles. The van der Waals surface area contributed by atoms with Crippen LogP contribution < -0.4 is 190 Å². The molecule has 0 heterocycles. The van der Waals surface area contributed by atoms with Gasteiger partial charge in [0.15, 0.2) is 0 Å². The van der Waals surface area contributed by atoms with Gasteiger partial charge >= 0.3 is 148 Å². The number of aliphatic carboxylic acids is 5. The number of rotatable bonds is 20. The van der Waals surface area contributed by atoms with Gasteiger partial charge in [-0.3, -0.25) is 14.7 Å². The minimum absolute atomic E-state index is 0. The summed E-state index contributed by atoms with van der Waals surface area (Å²) in [7, 11) is 0. The number of carboxylic acids is 5. The standard InChI is InChI=1S/C14H23N3O10.C4H13N3.5Na/c18-10(19)5-15(1-3-16(6-11(20)21)7-12(22)23)2-4-17(8-13(24)25)9-14(26)27;5-1-3-7-4-2-6;;;;;/h1-9H2,(H,18,19)(H,20,21)(H,22,23)(H,24,25)(H,26,27);7H,1-6H2;;;;;/q;;5*+1/p-5. The summed E-state index contributed by atoms with van der Waals surface area (Å²) in [5.74, 6) is -7.67. The molecular weight excluding hydrogens is 575 g/mol. The van der Waals surface area contributed by atoms with Gasteiger partial charge in [0.05, 0.1) is 29.8 Å². The van der Waals surface area contributed by atoms with Gasteiger partial charge < -0.3 is 66.3 Å². The molecule has 0 aliphatic rings. The molecule has 0 fully saturated rings. The van der Waals surface area contributed by atoms with Crippen molar-refractivity contribution in [3.05, 3.63) is 0 Å². The zero-order chi connectivity index (χ0) is 26.5. The number of carbonyl (C=O) groups excluding carboxylic acids is 5. The molecule has 0 saturated heterocycles. The van der Waals surface area contributed by atoms with E-state index in [9.17, 15) is 49.5 Å². The van der Waals surface area contributed by atoms with Gasteiger partial charge in [0, 0.05) is 85.1 Å². The van der Waals surface area contributed by atoms with Crippen molar-refractivity contribution in [3.8, 4) is 0 Å². The molecule has 0 atom stereocenters. The second kappa shape index (κ2) is 38.1. The average Bonchev–Trinajstić information content (AvgIpc) is 2.68. The summed E-state index contributed by atoms with van der Waals surface area (Å²) >= 11 is 0. The van der Waals surface area contributed by atoms with E-state index in [0.717, 1.165) is 22.9 Å². The third-order valence-electron chi connectivity index (χ3n) is 3.87. The molecule has 0 bridgehead atoms. The Balaban J connectivity index is -0.000000151. The van der Waals surface area contributed by atoms with Gasteiger partial charge in [-0.1, -0.05) is 0 Å². The van der Waals surface area contributed by atoms with E-state index in [-0.39, 0.29) is 174 Å². The normalized spacial score (nSPS) is 9.36. The first kappa shape index (κ1) is 56.8. The fourth-order valence-electron chi connectivity index (χ4n) is 2.51. The Morgan fingerprint density at radius 3 is 0.872 bits per heavy atom. The van der Waals surface area contributed by atoms with Gasteiger partial charge in [-0.2, -0.15) is 0 Å². The van der Waals surface area contributed by atoms with E-state index in [1.54, 1.807) is 0 Å². The summed E-state index contributed by atoms with van der Waals surface area (Å²) in [5, 5.41) is 56.3. The quantitative estimate of drug-likeness (QED) is 0.0857. The van der Waals surface area contributed by atoms with Crippen LogP contribution in [-0.4, -0.2) is 130 Å². The first-order valence-corrected chi connectivity index (χ1v) is 10.2. The van der Waals surface area contributed by atoms with Gasteiger partial charge in [0.2, 0.25) is 0 Å². The summed E-state index contributed by atoms with van der Waals surface area (Å²) in [6, 6.07) is 0. The van der Waals surface area contributed by atoms with E-state index in [2.05, 4.69) is 5.32 Å². The van der Waals surface area contributed by atoms with Crippen molar-refractivity contribution < 1.29 is 197 Å². The van der Waals surface area contributed by atoms with Crippen LogP contribution in [0.3, 0.4) is 0 Å². The predicted octanol–water partition coefficient (Wildman–Crippen LogP) is -25.8. The average molecular weight is 606 g/mol. The van der Waals surface area contributed by atoms with Crippen LogP contribution in [0, 0.1) is 0 Å². The van der Waals surface area contributed by atoms with Gasteiger partial charge in [0.25, 0.3) is 0 Å². The molecule has 198 valence electrons. The minimum Gasteiger partial charge on any atom is -0.549 e. The molecule has 0 saturated carbocycles. The van der Waals surface area contributed by atoms with E-state index >= 15 is 0 Å². The number of hydrogen-bond donors (Lipinski definition) is 3. The zero-order valence-corrected chi connectivity index (χ0v) is 33.8. The number of nitrogens with zero attached hydrogens (tertiary/aromatic N) is 3. The van der Waals surface area contributed by atoms with Crippen molar-refractivity contribution >= 4 is 29.8 Å². The molecular formula is C18H31N6Na5O10. The molecule has 0 rings (SSSR count). The monoisotopic (exact) mass is 606 g/mol.